The fourth-order valence-corrected chi connectivity index (χ4v) is 2.81. The van der Waals surface area contributed by atoms with Gasteiger partial charge in [-0.15, -0.1) is 0 Å². The maximum Gasteiger partial charge on any atom is 0.182 e. The van der Waals surface area contributed by atoms with Crippen LogP contribution < -0.4 is 10.1 Å². The normalized spacial score (nSPS) is 10.7. The average molecular weight is 343 g/mol. The van der Waals surface area contributed by atoms with Crippen LogP contribution in [0.4, 0.5) is 5.82 Å². The van der Waals surface area contributed by atoms with E-state index < -0.39 is 0 Å². The molecule has 4 aromatic rings. The highest BCUT2D eigenvalue weighted by atomic mass is 16.5. The lowest BCUT2D eigenvalue weighted by Gasteiger charge is -2.10. The highest BCUT2D eigenvalue weighted by molar-refractivity contribution is 5.93. The Kier molecular flexibility index (Phi) is 4.15. The number of methoxy groups -OCH3 is 1. The molecule has 2 aromatic carbocycles. The first-order valence-corrected chi connectivity index (χ1v) is 8.19. The van der Waals surface area contributed by atoms with Crippen LogP contribution >= 0.6 is 0 Å². The maximum absolute atomic E-state index is 5.23. The first-order chi connectivity index (χ1) is 12.8. The van der Waals surface area contributed by atoms with E-state index in [0.29, 0.717) is 11.5 Å². The van der Waals surface area contributed by atoms with Crippen molar-refractivity contribution in [2.45, 2.75) is 0 Å². The van der Waals surface area contributed by atoms with Gasteiger partial charge in [0.05, 0.1) is 18.8 Å². The van der Waals surface area contributed by atoms with E-state index >= 15 is 0 Å². The Morgan fingerprint density at radius 3 is 2.42 bits per heavy atom. The highest BCUT2D eigenvalue weighted by Gasteiger charge is 2.11. The van der Waals surface area contributed by atoms with Crippen LogP contribution in [-0.4, -0.2) is 34.1 Å². The van der Waals surface area contributed by atoms with Crippen LogP contribution in [0.25, 0.3) is 33.5 Å². The molecular weight excluding hydrogens is 326 g/mol. The fraction of sp³-hybridized carbons (Fsp3) is 0.100. The average Bonchev–Trinajstić information content (AvgIpc) is 2.73. The second-order valence-electron chi connectivity index (χ2n) is 5.70. The third-order valence-electron chi connectivity index (χ3n) is 4.15. The van der Waals surface area contributed by atoms with E-state index in [-0.39, 0.29) is 0 Å². The minimum Gasteiger partial charge on any atom is -0.497 e. The van der Waals surface area contributed by atoms with Gasteiger partial charge < -0.3 is 10.1 Å². The summed E-state index contributed by atoms with van der Waals surface area (Å²) in [5.41, 5.74) is 3.66. The molecule has 6 nitrogen and oxygen atoms in total. The van der Waals surface area contributed by atoms with Crippen molar-refractivity contribution in [3.63, 3.8) is 0 Å². The van der Waals surface area contributed by atoms with Gasteiger partial charge in [0, 0.05) is 24.8 Å². The first-order valence-electron chi connectivity index (χ1n) is 8.19. The number of benzene rings is 2. The summed E-state index contributed by atoms with van der Waals surface area (Å²) in [7, 11) is 3.51. The predicted octanol–water partition coefficient (Wildman–Crippen LogP) is 3.80. The summed E-state index contributed by atoms with van der Waals surface area (Å²) in [4.78, 5) is 17.7. The third-order valence-corrected chi connectivity index (χ3v) is 4.15. The lowest BCUT2D eigenvalue weighted by Crippen LogP contribution is -2.00. The number of hydrogen-bond acceptors (Lipinski definition) is 6. The molecule has 0 amide bonds. The molecule has 0 aliphatic carbocycles. The van der Waals surface area contributed by atoms with Crippen LogP contribution in [0.2, 0.25) is 0 Å². The zero-order chi connectivity index (χ0) is 17.9. The van der Waals surface area contributed by atoms with Crippen molar-refractivity contribution >= 4 is 16.7 Å². The zero-order valence-corrected chi connectivity index (χ0v) is 14.5. The number of fused-ring (bicyclic) bond motifs is 1. The lowest BCUT2D eigenvalue weighted by molar-refractivity contribution is 0.415. The second kappa shape index (κ2) is 6.76. The van der Waals surface area contributed by atoms with Gasteiger partial charge in [-0.05, 0) is 35.4 Å². The lowest BCUT2D eigenvalue weighted by atomic mass is 10.0. The molecule has 0 fully saturated rings. The van der Waals surface area contributed by atoms with Crippen LogP contribution in [0.1, 0.15) is 0 Å². The van der Waals surface area contributed by atoms with Gasteiger partial charge in [-0.1, -0.05) is 18.2 Å². The van der Waals surface area contributed by atoms with Crippen LogP contribution in [0.3, 0.4) is 0 Å². The molecule has 0 bridgehead atoms. The molecule has 1 N–H and O–H groups in total. The van der Waals surface area contributed by atoms with Crippen molar-refractivity contribution in [2.75, 3.05) is 19.5 Å². The molecule has 0 unspecified atom stereocenters. The Morgan fingerprint density at radius 2 is 1.73 bits per heavy atom. The summed E-state index contributed by atoms with van der Waals surface area (Å²) >= 11 is 0. The van der Waals surface area contributed by atoms with Gasteiger partial charge in [-0.3, -0.25) is 4.98 Å². The van der Waals surface area contributed by atoms with Crippen molar-refractivity contribution in [2.24, 2.45) is 0 Å². The van der Waals surface area contributed by atoms with Gasteiger partial charge in [0.25, 0.3) is 0 Å². The fourth-order valence-electron chi connectivity index (χ4n) is 2.81. The number of nitrogens with one attached hydrogen (secondary N) is 1. The summed E-state index contributed by atoms with van der Waals surface area (Å²) in [5, 5.41) is 4.09. The largest absolute Gasteiger partial charge is 0.497 e. The number of ether oxygens (including phenoxy) is 1. The topological polar surface area (TPSA) is 72.8 Å². The number of nitrogens with zero attached hydrogens (tertiary/aromatic N) is 4. The molecule has 0 aliphatic rings. The monoisotopic (exact) mass is 343 g/mol. The number of aromatic nitrogens is 4. The van der Waals surface area contributed by atoms with Gasteiger partial charge >= 0.3 is 0 Å². The summed E-state index contributed by atoms with van der Waals surface area (Å²) in [6.07, 6.45) is 4.93. The Balaban J connectivity index is 1.85. The predicted molar refractivity (Wildman–Crippen MR) is 102 cm³/mol. The Hall–Kier alpha value is -3.54. The molecule has 2 heterocycles. The zero-order valence-electron chi connectivity index (χ0n) is 14.5. The third kappa shape index (κ3) is 2.93. The number of rotatable bonds is 4. The van der Waals surface area contributed by atoms with Crippen molar-refractivity contribution in [3.05, 3.63) is 61.1 Å². The Labute approximate surface area is 150 Å². The van der Waals surface area contributed by atoms with Crippen LogP contribution in [-0.2, 0) is 0 Å². The van der Waals surface area contributed by atoms with Crippen molar-refractivity contribution < 1.29 is 4.74 Å². The van der Waals surface area contributed by atoms with Gasteiger partial charge in [0.15, 0.2) is 5.82 Å². The van der Waals surface area contributed by atoms with E-state index in [4.69, 9.17) is 9.72 Å². The molecule has 4 rings (SSSR count). The number of hydrogen-bond donors (Lipinski definition) is 1. The summed E-state index contributed by atoms with van der Waals surface area (Å²) in [6, 6.07) is 14.1. The minimum atomic E-state index is 0.543. The first kappa shape index (κ1) is 16.0. The Bertz CT molecular complexity index is 1050. The van der Waals surface area contributed by atoms with E-state index in [1.54, 1.807) is 25.7 Å². The van der Waals surface area contributed by atoms with E-state index in [2.05, 4.69) is 32.4 Å². The van der Waals surface area contributed by atoms with Crippen molar-refractivity contribution in [1.82, 2.24) is 19.9 Å². The molecule has 0 atom stereocenters. The molecule has 0 spiro atoms. The highest BCUT2D eigenvalue weighted by Crippen LogP contribution is 2.29. The van der Waals surface area contributed by atoms with Crippen molar-refractivity contribution in [1.29, 1.82) is 0 Å². The van der Waals surface area contributed by atoms with Gasteiger partial charge in [-0.25, -0.2) is 15.0 Å². The van der Waals surface area contributed by atoms with E-state index in [1.165, 1.54) is 0 Å². The SMILES string of the molecule is CNc1nc(-c2cnccn2)nc2cc(-c3ccc(OC)cc3)ccc12. The number of anilines is 1. The molecule has 6 heteroatoms. The molecule has 0 aliphatic heterocycles. The summed E-state index contributed by atoms with van der Waals surface area (Å²) in [6.45, 7) is 0. The van der Waals surface area contributed by atoms with Gasteiger partial charge in [0.2, 0.25) is 0 Å². The summed E-state index contributed by atoms with van der Waals surface area (Å²) in [5.74, 6) is 2.14. The van der Waals surface area contributed by atoms with E-state index in [9.17, 15) is 0 Å². The van der Waals surface area contributed by atoms with Crippen LogP contribution in [0.15, 0.2) is 61.1 Å². The van der Waals surface area contributed by atoms with E-state index in [0.717, 1.165) is 33.6 Å². The van der Waals surface area contributed by atoms with Gasteiger partial charge in [-0.2, -0.15) is 0 Å². The second-order valence-corrected chi connectivity index (χ2v) is 5.70. The molecule has 26 heavy (non-hydrogen) atoms. The van der Waals surface area contributed by atoms with E-state index in [1.807, 2.05) is 37.4 Å². The molecule has 0 saturated heterocycles. The maximum atomic E-state index is 5.23. The quantitative estimate of drug-likeness (QED) is 0.607. The molecule has 0 radical (unpaired) electrons. The smallest absolute Gasteiger partial charge is 0.182 e. The van der Waals surface area contributed by atoms with Crippen LogP contribution in [0, 0.1) is 0 Å². The molecule has 128 valence electrons. The molecule has 2 aromatic heterocycles. The molecular formula is C20H17N5O. The minimum absolute atomic E-state index is 0.543. The van der Waals surface area contributed by atoms with Crippen molar-refractivity contribution in [3.8, 4) is 28.4 Å². The van der Waals surface area contributed by atoms with Gasteiger partial charge in [0.1, 0.15) is 17.3 Å². The summed E-state index contributed by atoms with van der Waals surface area (Å²) < 4.78 is 5.23. The van der Waals surface area contributed by atoms with Crippen LogP contribution in [0.5, 0.6) is 5.75 Å². The standard InChI is InChI=1S/C20H17N5O/c1-21-19-16-8-5-14(13-3-6-15(26-2)7-4-13)11-17(16)24-20(25-19)18-12-22-9-10-23-18/h3-12H,1-2H3,(H,21,24,25). The Morgan fingerprint density at radius 1 is 0.923 bits per heavy atom. The molecule has 0 saturated carbocycles.